The second kappa shape index (κ2) is 29.9. The molecule has 3 aliphatic heterocycles. The number of phenols is 1. The number of nitrogens with zero attached hydrogens (tertiary/aromatic N) is 2. The molecule has 1 aromatic carbocycles. The molecule has 7 amide bonds. The number of aliphatic hydroxyl groups is 5. The standard InChI is InChI=1S/C52H81N7O13/c1-5-6-7-8-9-10-11-12-13-14-15-16-17-18-19-22-41(65)54-38-21-20-27-53-50(70)45-46(66)32(2)30-59(45)52(72)43(34(4)61)56-49(69)44(40(64)28-35-23-25-36(62)26-24-35)57-48(68)39-29-37(63)31-58(39)51(71)42(33(3)60)55-47(38)67/h9-10,12-13,23-26,32-34,37-40,42-46,60-64,66H,5-8,11,14-22,27-31H2,1-4H3,(H,53,70)(H,54,65)(H,55,67)(H,56,69)(H,57,68)/b10-9-,13-12-/t32-,33-,34-,37-,38-,39-,40-,42-,43-,44-,45-,46-/m0/s1. The summed E-state index contributed by atoms with van der Waals surface area (Å²) in [5.74, 6) is -6.87. The third-order valence-corrected chi connectivity index (χ3v) is 13.6. The van der Waals surface area contributed by atoms with Crippen molar-refractivity contribution in [2.45, 2.75) is 197 Å². The molecule has 0 saturated carbocycles. The third kappa shape index (κ3) is 18.0. The topological polar surface area (TPSA) is 307 Å². The molecule has 3 saturated heterocycles. The number of carbonyl (C=O) groups excluding carboxylic acids is 7. The highest BCUT2D eigenvalue weighted by Gasteiger charge is 2.49. The molecule has 0 aliphatic carbocycles. The predicted molar refractivity (Wildman–Crippen MR) is 267 cm³/mol. The van der Waals surface area contributed by atoms with Crippen molar-refractivity contribution in [1.29, 1.82) is 0 Å². The summed E-state index contributed by atoms with van der Waals surface area (Å²) < 4.78 is 0. The average Bonchev–Trinajstić information content (AvgIpc) is 3.88. The van der Waals surface area contributed by atoms with Crippen LogP contribution < -0.4 is 26.6 Å². The number of amides is 7. The SMILES string of the molecule is CCCCC/C=C\C/C=C\CCCCCCCC(=O)N[C@H]1CCCNC(=O)[C@@H]2[C@@H](O)[C@@H](C)CN2C(=O)[C@H]([C@H](C)O)NC(=O)[C@H]([C@@H](O)Cc2ccc(O)cc2)NC(=O)[C@@H]2C[C@H](O)CN2C(=O)[C@H]([C@H](C)O)NC1=O. The highest BCUT2D eigenvalue weighted by molar-refractivity contribution is 5.98. The number of unbranched alkanes of at least 4 members (excludes halogenated alkanes) is 8. The lowest BCUT2D eigenvalue weighted by atomic mass is 9.99. The Morgan fingerprint density at radius 3 is 1.96 bits per heavy atom. The van der Waals surface area contributed by atoms with Crippen molar-refractivity contribution in [3.05, 3.63) is 54.1 Å². The first-order valence-corrected chi connectivity index (χ1v) is 25.9. The van der Waals surface area contributed by atoms with Crippen LogP contribution in [0.5, 0.6) is 5.75 Å². The number of benzene rings is 1. The average molecular weight is 1010 g/mol. The van der Waals surface area contributed by atoms with Crippen LogP contribution in [-0.2, 0) is 40.0 Å². The number of aromatic hydroxyl groups is 1. The normalized spacial score (nSPS) is 27.6. The van der Waals surface area contributed by atoms with Crippen molar-refractivity contribution >= 4 is 41.4 Å². The monoisotopic (exact) mass is 1010 g/mol. The lowest BCUT2D eigenvalue weighted by Gasteiger charge is -2.33. The van der Waals surface area contributed by atoms with E-state index in [0.717, 1.165) is 54.7 Å². The molecule has 0 radical (unpaired) electrons. The van der Waals surface area contributed by atoms with E-state index in [2.05, 4.69) is 57.8 Å². The van der Waals surface area contributed by atoms with Crippen LogP contribution in [0, 0.1) is 5.92 Å². The molecule has 0 aromatic heterocycles. The maximum atomic E-state index is 14.3. The van der Waals surface area contributed by atoms with E-state index in [1.54, 1.807) is 6.92 Å². The van der Waals surface area contributed by atoms with Gasteiger partial charge in [0.2, 0.25) is 41.4 Å². The van der Waals surface area contributed by atoms with Crippen LogP contribution in [0.2, 0.25) is 0 Å². The van der Waals surface area contributed by atoms with E-state index >= 15 is 0 Å². The summed E-state index contributed by atoms with van der Waals surface area (Å²) >= 11 is 0. The van der Waals surface area contributed by atoms with E-state index in [-0.39, 0.29) is 50.9 Å². The number of hydrogen-bond donors (Lipinski definition) is 11. The molecule has 3 heterocycles. The molecule has 0 bridgehead atoms. The summed E-state index contributed by atoms with van der Waals surface area (Å²) in [7, 11) is 0. The molecule has 4 rings (SSSR count). The van der Waals surface area contributed by atoms with E-state index in [0.29, 0.717) is 12.0 Å². The maximum absolute atomic E-state index is 14.3. The van der Waals surface area contributed by atoms with Gasteiger partial charge in [-0.2, -0.15) is 0 Å². The van der Waals surface area contributed by atoms with Crippen LogP contribution in [0.3, 0.4) is 0 Å². The molecule has 72 heavy (non-hydrogen) atoms. The Labute approximate surface area is 423 Å². The summed E-state index contributed by atoms with van der Waals surface area (Å²) in [4.78, 5) is 100. The van der Waals surface area contributed by atoms with Gasteiger partial charge in [0, 0.05) is 44.8 Å². The second-order valence-corrected chi connectivity index (χ2v) is 19.7. The first-order chi connectivity index (χ1) is 34.3. The van der Waals surface area contributed by atoms with Gasteiger partial charge in [0.25, 0.3) is 0 Å². The maximum Gasteiger partial charge on any atom is 0.248 e. The molecule has 20 heteroatoms. The van der Waals surface area contributed by atoms with Gasteiger partial charge in [-0.15, -0.1) is 0 Å². The molecule has 0 spiro atoms. The zero-order valence-corrected chi connectivity index (χ0v) is 42.4. The van der Waals surface area contributed by atoms with Gasteiger partial charge >= 0.3 is 0 Å². The summed E-state index contributed by atoms with van der Waals surface area (Å²) in [5, 5.41) is 78.0. The zero-order chi connectivity index (χ0) is 52.9. The van der Waals surface area contributed by atoms with Crippen LogP contribution in [0.1, 0.15) is 130 Å². The number of aliphatic hydroxyl groups excluding tert-OH is 5. The molecule has 20 nitrogen and oxygen atoms in total. The van der Waals surface area contributed by atoms with E-state index in [9.17, 15) is 64.2 Å². The summed E-state index contributed by atoms with van der Waals surface area (Å²) in [6.07, 6.45) is 11.7. The van der Waals surface area contributed by atoms with Crippen molar-refractivity contribution in [1.82, 2.24) is 36.4 Å². The van der Waals surface area contributed by atoms with Gasteiger partial charge in [-0.05, 0) is 82.9 Å². The Kier molecular flexibility index (Phi) is 24.6. The van der Waals surface area contributed by atoms with Crippen LogP contribution in [-0.4, -0.2) is 168 Å². The van der Waals surface area contributed by atoms with Gasteiger partial charge in [0.15, 0.2) is 0 Å². The predicted octanol–water partition coefficient (Wildman–Crippen LogP) is 0.890. The zero-order valence-electron chi connectivity index (χ0n) is 42.4. The molecule has 402 valence electrons. The minimum Gasteiger partial charge on any atom is -0.508 e. The summed E-state index contributed by atoms with van der Waals surface area (Å²) in [5.41, 5.74) is 0.418. The third-order valence-electron chi connectivity index (χ3n) is 13.6. The van der Waals surface area contributed by atoms with E-state index in [1.165, 1.54) is 57.4 Å². The fourth-order valence-electron chi connectivity index (χ4n) is 9.32. The number of rotatable bonds is 20. The molecule has 0 unspecified atom stereocenters. The molecular weight excluding hydrogens is 931 g/mol. The van der Waals surface area contributed by atoms with Crippen molar-refractivity contribution in [3.8, 4) is 5.75 Å². The van der Waals surface area contributed by atoms with Crippen molar-refractivity contribution < 1.29 is 64.2 Å². The molecule has 1 aromatic rings. The Morgan fingerprint density at radius 1 is 0.736 bits per heavy atom. The number of carbonyl (C=O) groups is 7. The number of allylic oxidation sites excluding steroid dienone is 4. The molecule has 3 aliphatic rings. The van der Waals surface area contributed by atoms with Crippen LogP contribution in [0.4, 0.5) is 0 Å². The quantitative estimate of drug-likeness (QED) is 0.0640. The lowest BCUT2D eigenvalue weighted by Crippen LogP contribution is -2.64. The van der Waals surface area contributed by atoms with Gasteiger partial charge in [-0.25, -0.2) is 0 Å². The van der Waals surface area contributed by atoms with Gasteiger partial charge < -0.3 is 67.0 Å². The van der Waals surface area contributed by atoms with Gasteiger partial charge in [-0.1, -0.05) is 82.4 Å². The second-order valence-electron chi connectivity index (χ2n) is 19.7. The van der Waals surface area contributed by atoms with Gasteiger partial charge in [0.05, 0.1) is 30.5 Å². The highest BCUT2D eigenvalue weighted by Crippen LogP contribution is 2.26. The van der Waals surface area contributed by atoms with Crippen molar-refractivity contribution in [3.63, 3.8) is 0 Å². The van der Waals surface area contributed by atoms with E-state index in [4.69, 9.17) is 0 Å². The highest BCUT2D eigenvalue weighted by atomic mass is 16.3. The van der Waals surface area contributed by atoms with Crippen molar-refractivity contribution in [2.24, 2.45) is 5.92 Å². The Balaban J connectivity index is 1.55. The fraction of sp³-hybridized carbons (Fsp3) is 0.673. The number of hydrogen-bond acceptors (Lipinski definition) is 13. The molecule has 3 fully saturated rings. The Morgan fingerprint density at radius 2 is 1.32 bits per heavy atom. The van der Waals surface area contributed by atoms with Gasteiger partial charge in [0.1, 0.15) is 42.0 Å². The smallest absolute Gasteiger partial charge is 0.248 e. The largest absolute Gasteiger partial charge is 0.508 e. The first kappa shape index (κ1) is 59.2. The minimum atomic E-state index is -1.88. The number of phenolic OH excluding ortho intramolecular Hbond substituents is 1. The first-order valence-electron chi connectivity index (χ1n) is 25.9. The van der Waals surface area contributed by atoms with Gasteiger partial charge in [-0.3, -0.25) is 33.6 Å². The van der Waals surface area contributed by atoms with Crippen LogP contribution in [0.15, 0.2) is 48.6 Å². The fourth-order valence-corrected chi connectivity index (χ4v) is 9.32. The number of fused-ring (bicyclic) bond motifs is 2. The lowest BCUT2D eigenvalue weighted by molar-refractivity contribution is -0.147. The van der Waals surface area contributed by atoms with Crippen molar-refractivity contribution in [2.75, 3.05) is 19.6 Å². The van der Waals surface area contributed by atoms with Crippen LogP contribution in [0.25, 0.3) is 0 Å². The molecule has 12 atom stereocenters. The minimum absolute atomic E-state index is 0.0650. The van der Waals surface area contributed by atoms with E-state index in [1.807, 2.05) is 0 Å². The Hall–Kier alpha value is -5.41. The summed E-state index contributed by atoms with van der Waals surface area (Å²) in [6.45, 7) is 5.58. The van der Waals surface area contributed by atoms with E-state index < -0.39 is 121 Å². The Bertz CT molecular complexity index is 2000. The molecule has 11 N–H and O–H groups in total. The summed E-state index contributed by atoms with van der Waals surface area (Å²) in [6, 6.07) is -3.98. The molecular formula is C52H81N7O13. The van der Waals surface area contributed by atoms with Crippen LogP contribution >= 0.6 is 0 Å². The number of nitrogens with one attached hydrogen (secondary N) is 5.